The Hall–Kier alpha value is -0.200. The van der Waals surface area contributed by atoms with Crippen molar-refractivity contribution in [2.45, 2.75) is 6.42 Å². The van der Waals surface area contributed by atoms with Gasteiger partial charge < -0.3 is 20.4 Å². The van der Waals surface area contributed by atoms with Gasteiger partial charge in [-0.3, -0.25) is 4.90 Å². The van der Waals surface area contributed by atoms with Crippen molar-refractivity contribution in [2.75, 3.05) is 65.6 Å². The Morgan fingerprint density at radius 2 is 1.44 bits per heavy atom. The Bertz CT molecular complexity index is 161. The molecule has 0 radical (unpaired) electrons. The smallest absolute Gasteiger partial charge is 0.0558 e. The van der Waals surface area contributed by atoms with Crippen LogP contribution in [0.4, 0.5) is 0 Å². The predicted molar refractivity (Wildman–Crippen MR) is 64.5 cm³/mol. The molecule has 1 heterocycles. The molecule has 0 atom stereocenters. The SMILES string of the molecule is OCCNCCCN1CCN(CCO)CC1. The third-order valence-electron chi connectivity index (χ3n) is 3.00. The molecule has 1 fully saturated rings. The van der Waals surface area contributed by atoms with Crippen LogP contribution >= 0.6 is 0 Å². The minimum absolute atomic E-state index is 0.222. The van der Waals surface area contributed by atoms with Crippen molar-refractivity contribution in [1.82, 2.24) is 15.1 Å². The van der Waals surface area contributed by atoms with Gasteiger partial charge in [-0.05, 0) is 19.5 Å². The van der Waals surface area contributed by atoms with Crippen molar-refractivity contribution in [3.05, 3.63) is 0 Å². The highest BCUT2D eigenvalue weighted by molar-refractivity contribution is 4.71. The first-order valence-electron chi connectivity index (χ1n) is 6.24. The predicted octanol–water partition coefficient (Wildman–Crippen LogP) is -1.43. The molecule has 1 aliphatic heterocycles. The summed E-state index contributed by atoms with van der Waals surface area (Å²) in [7, 11) is 0. The fourth-order valence-corrected chi connectivity index (χ4v) is 2.01. The van der Waals surface area contributed by atoms with Crippen LogP contribution in [0.2, 0.25) is 0 Å². The Morgan fingerprint density at radius 1 is 0.812 bits per heavy atom. The van der Waals surface area contributed by atoms with Crippen LogP contribution < -0.4 is 5.32 Å². The van der Waals surface area contributed by atoms with Gasteiger partial charge in [0.2, 0.25) is 0 Å². The van der Waals surface area contributed by atoms with Crippen LogP contribution in [0.1, 0.15) is 6.42 Å². The molecular weight excluding hydrogens is 206 g/mol. The number of hydrogen-bond acceptors (Lipinski definition) is 5. The maximum Gasteiger partial charge on any atom is 0.0558 e. The van der Waals surface area contributed by atoms with Gasteiger partial charge >= 0.3 is 0 Å². The maximum atomic E-state index is 8.82. The highest BCUT2D eigenvalue weighted by Gasteiger charge is 2.15. The van der Waals surface area contributed by atoms with Crippen molar-refractivity contribution < 1.29 is 10.2 Å². The van der Waals surface area contributed by atoms with Gasteiger partial charge in [0.05, 0.1) is 13.2 Å². The zero-order valence-electron chi connectivity index (χ0n) is 10.1. The molecule has 0 saturated carbocycles. The summed E-state index contributed by atoms with van der Waals surface area (Å²) in [6.07, 6.45) is 1.14. The number of β-amino-alcohol motifs (C(OH)–C–C–N with tert-alkyl or cyclic N) is 1. The quantitative estimate of drug-likeness (QED) is 0.447. The molecule has 3 N–H and O–H groups in total. The molecule has 1 aliphatic rings. The topological polar surface area (TPSA) is 59.0 Å². The van der Waals surface area contributed by atoms with Crippen molar-refractivity contribution in [2.24, 2.45) is 0 Å². The summed E-state index contributed by atoms with van der Waals surface area (Å²) >= 11 is 0. The number of nitrogens with zero attached hydrogens (tertiary/aromatic N) is 2. The van der Waals surface area contributed by atoms with Gasteiger partial charge in [0, 0.05) is 39.3 Å². The minimum atomic E-state index is 0.222. The van der Waals surface area contributed by atoms with E-state index in [1.54, 1.807) is 0 Å². The zero-order valence-corrected chi connectivity index (χ0v) is 10.1. The minimum Gasteiger partial charge on any atom is -0.395 e. The first-order valence-corrected chi connectivity index (χ1v) is 6.24. The summed E-state index contributed by atoms with van der Waals surface area (Å²) < 4.78 is 0. The van der Waals surface area contributed by atoms with Gasteiger partial charge in [-0.2, -0.15) is 0 Å². The van der Waals surface area contributed by atoms with Crippen LogP contribution in [0, 0.1) is 0 Å². The highest BCUT2D eigenvalue weighted by Crippen LogP contribution is 2.01. The van der Waals surface area contributed by atoms with E-state index in [-0.39, 0.29) is 13.2 Å². The van der Waals surface area contributed by atoms with Gasteiger partial charge in [-0.1, -0.05) is 0 Å². The molecule has 0 aromatic rings. The second-order valence-electron chi connectivity index (χ2n) is 4.23. The van der Waals surface area contributed by atoms with Crippen LogP contribution in [0.5, 0.6) is 0 Å². The molecule has 0 aromatic carbocycles. The molecule has 16 heavy (non-hydrogen) atoms. The molecule has 0 amide bonds. The third-order valence-corrected chi connectivity index (χ3v) is 3.00. The van der Waals surface area contributed by atoms with Crippen molar-refractivity contribution in [3.63, 3.8) is 0 Å². The monoisotopic (exact) mass is 231 g/mol. The lowest BCUT2D eigenvalue weighted by Crippen LogP contribution is -2.47. The summed E-state index contributed by atoms with van der Waals surface area (Å²) in [6.45, 7) is 8.49. The van der Waals surface area contributed by atoms with Crippen LogP contribution in [0.15, 0.2) is 0 Å². The second kappa shape index (κ2) is 8.90. The van der Waals surface area contributed by atoms with E-state index in [1.165, 1.54) is 0 Å². The fraction of sp³-hybridized carbons (Fsp3) is 1.00. The van der Waals surface area contributed by atoms with Gasteiger partial charge in [-0.25, -0.2) is 0 Å². The van der Waals surface area contributed by atoms with Crippen molar-refractivity contribution in [3.8, 4) is 0 Å². The maximum absolute atomic E-state index is 8.82. The second-order valence-corrected chi connectivity index (χ2v) is 4.23. The van der Waals surface area contributed by atoms with Crippen LogP contribution in [0.25, 0.3) is 0 Å². The molecule has 0 aliphatic carbocycles. The third kappa shape index (κ3) is 5.77. The molecule has 0 aromatic heterocycles. The lowest BCUT2D eigenvalue weighted by atomic mass is 10.3. The van der Waals surface area contributed by atoms with Crippen LogP contribution in [-0.4, -0.2) is 85.6 Å². The summed E-state index contributed by atoms with van der Waals surface area (Å²) in [5.74, 6) is 0. The van der Waals surface area contributed by atoms with E-state index in [4.69, 9.17) is 10.2 Å². The lowest BCUT2D eigenvalue weighted by Gasteiger charge is -2.34. The first kappa shape index (κ1) is 13.9. The van der Waals surface area contributed by atoms with Crippen LogP contribution in [-0.2, 0) is 0 Å². The van der Waals surface area contributed by atoms with Gasteiger partial charge in [0.25, 0.3) is 0 Å². The van der Waals surface area contributed by atoms with E-state index >= 15 is 0 Å². The van der Waals surface area contributed by atoms with Gasteiger partial charge in [0.15, 0.2) is 0 Å². The summed E-state index contributed by atoms with van der Waals surface area (Å²) in [5, 5.41) is 20.6. The molecule has 0 spiro atoms. The Balaban J connectivity index is 1.95. The van der Waals surface area contributed by atoms with Gasteiger partial charge in [0.1, 0.15) is 0 Å². The molecule has 0 unspecified atom stereocenters. The van der Waals surface area contributed by atoms with Crippen molar-refractivity contribution >= 4 is 0 Å². The van der Waals surface area contributed by atoms with E-state index in [0.29, 0.717) is 6.54 Å². The highest BCUT2D eigenvalue weighted by atomic mass is 16.3. The van der Waals surface area contributed by atoms with E-state index < -0.39 is 0 Å². The number of rotatable bonds is 8. The number of aliphatic hydroxyl groups is 2. The molecule has 1 rings (SSSR count). The van der Waals surface area contributed by atoms with Crippen molar-refractivity contribution in [1.29, 1.82) is 0 Å². The molecule has 1 saturated heterocycles. The summed E-state index contributed by atoms with van der Waals surface area (Å²) in [4.78, 5) is 4.77. The van der Waals surface area contributed by atoms with E-state index in [2.05, 4.69) is 15.1 Å². The lowest BCUT2D eigenvalue weighted by molar-refractivity contribution is 0.112. The first-order chi connectivity index (χ1) is 7.86. The Labute approximate surface area is 98.0 Å². The standard InChI is InChI=1S/C11H25N3O2/c15-10-3-12-2-1-4-13-5-7-14(8-6-13)9-11-16/h12,15-16H,1-11H2. The summed E-state index contributed by atoms with van der Waals surface area (Å²) in [6, 6.07) is 0. The average Bonchev–Trinajstić information content (AvgIpc) is 2.31. The fourth-order valence-electron chi connectivity index (χ4n) is 2.01. The molecule has 96 valence electrons. The van der Waals surface area contributed by atoms with Gasteiger partial charge in [-0.15, -0.1) is 0 Å². The molecule has 5 heteroatoms. The van der Waals surface area contributed by atoms with E-state index in [9.17, 15) is 0 Å². The summed E-state index contributed by atoms with van der Waals surface area (Å²) in [5.41, 5.74) is 0. The number of hydrogen-bond donors (Lipinski definition) is 3. The number of piperazine rings is 1. The van der Waals surface area contributed by atoms with E-state index in [1.807, 2.05) is 0 Å². The Morgan fingerprint density at radius 3 is 2.00 bits per heavy atom. The average molecular weight is 231 g/mol. The molecular formula is C11H25N3O2. The Kier molecular flexibility index (Phi) is 7.71. The molecule has 0 bridgehead atoms. The number of aliphatic hydroxyl groups excluding tert-OH is 2. The zero-order chi connectivity index (χ0) is 11.6. The normalized spacial score (nSPS) is 19.1. The van der Waals surface area contributed by atoms with E-state index in [0.717, 1.165) is 52.2 Å². The largest absolute Gasteiger partial charge is 0.395 e. The van der Waals surface area contributed by atoms with Crippen LogP contribution in [0.3, 0.4) is 0 Å². The number of nitrogens with one attached hydrogen (secondary N) is 1. The molecule has 5 nitrogen and oxygen atoms in total.